The molecule has 5 nitrogen and oxygen atoms in total. The molecule has 1 aliphatic carbocycles. The minimum Gasteiger partial charge on any atom is -0.475 e. The molecule has 0 aromatic carbocycles. The van der Waals surface area contributed by atoms with Gasteiger partial charge in [0.15, 0.2) is 0 Å². The number of aromatic carboxylic acids is 1. The highest BCUT2D eigenvalue weighted by Crippen LogP contribution is 2.49. The summed E-state index contributed by atoms with van der Waals surface area (Å²) in [4.78, 5) is 11.1. The van der Waals surface area contributed by atoms with Crippen molar-refractivity contribution in [3.8, 4) is 11.3 Å². The molecule has 0 unspecified atom stereocenters. The Balaban J connectivity index is 2.37. The predicted octanol–water partition coefficient (Wildman–Crippen LogP) is 3.22. The Hall–Kier alpha value is -2.25. The molecule has 112 valence electrons. The van der Waals surface area contributed by atoms with Crippen LogP contribution in [0.1, 0.15) is 41.3 Å². The summed E-state index contributed by atoms with van der Waals surface area (Å²) in [7, 11) is 0. The van der Waals surface area contributed by atoms with E-state index < -0.39 is 28.9 Å². The first-order valence-corrected chi connectivity index (χ1v) is 6.13. The maximum atomic E-state index is 13.3. The first kappa shape index (κ1) is 13.7. The zero-order valence-corrected chi connectivity index (χ0v) is 11.1. The van der Waals surface area contributed by atoms with Crippen molar-refractivity contribution in [2.75, 3.05) is 0 Å². The number of carboxylic acid groups (broad SMARTS) is 1. The van der Waals surface area contributed by atoms with Gasteiger partial charge in [0.1, 0.15) is 11.3 Å². The Labute approximate surface area is 116 Å². The van der Waals surface area contributed by atoms with Crippen LogP contribution in [0.4, 0.5) is 13.2 Å². The van der Waals surface area contributed by atoms with E-state index in [1.807, 2.05) is 13.8 Å². The molecule has 0 spiro atoms. The second-order valence-corrected chi connectivity index (χ2v) is 5.63. The van der Waals surface area contributed by atoms with Crippen LogP contribution < -0.4 is 0 Å². The summed E-state index contributed by atoms with van der Waals surface area (Å²) in [5, 5.41) is 15.3. The molecule has 0 amide bonds. The van der Waals surface area contributed by atoms with E-state index in [1.54, 1.807) is 0 Å². The van der Waals surface area contributed by atoms with E-state index in [2.05, 4.69) is 10.2 Å². The summed E-state index contributed by atoms with van der Waals surface area (Å²) >= 11 is 0. The van der Waals surface area contributed by atoms with E-state index >= 15 is 0 Å². The molecule has 2 aromatic heterocycles. The molecular weight excluding hydrogens is 289 g/mol. The van der Waals surface area contributed by atoms with Gasteiger partial charge in [0, 0.05) is 17.4 Å². The number of alkyl halides is 3. The second-order valence-electron chi connectivity index (χ2n) is 5.63. The van der Waals surface area contributed by atoms with Crippen LogP contribution in [-0.4, -0.2) is 21.3 Å². The standard InChI is InChI=1S/C13H11F3N2O3/c1-12(2)3-6-7(9-5(12)4-17-18-9)8(13(14,15)16)10(21-6)11(19)20/h4H,3H2,1-2H3,(H,17,18)(H,19,20). The predicted molar refractivity (Wildman–Crippen MR) is 65.0 cm³/mol. The van der Waals surface area contributed by atoms with Crippen LogP contribution in [0.25, 0.3) is 11.3 Å². The van der Waals surface area contributed by atoms with Crippen LogP contribution in [-0.2, 0) is 18.0 Å². The third-order valence-corrected chi connectivity index (χ3v) is 3.68. The SMILES string of the molecule is CC1(C)Cc2oc(C(=O)O)c(C(F)(F)F)c2-c2[nH]ncc21. The molecule has 21 heavy (non-hydrogen) atoms. The topological polar surface area (TPSA) is 79.1 Å². The molecule has 3 rings (SSSR count). The van der Waals surface area contributed by atoms with Crippen LogP contribution in [0.3, 0.4) is 0 Å². The summed E-state index contributed by atoms with van der Waals surface area (Å²) < 4.78 is 44.8. The van der Waals surface area contributed by atoms with Crippen LogP contribution in [0.2, 0.25) is 0 Å². The highest BCUT2D eigenvalue weighted by molar-refractivity contribution is 5.91. The summed E-state index contributed by atoms with van der Waals surface area (Å²) in [5.74, 6) is -2.80. The fourth-order valence-electron chi connectivity index (χ4n) is 2.77. The Morgan fingerprint density at radius 2 is 2.14 bits per heavy atom. The number of aromatic amines is 1. The van der Waals surface area contributed by atoms with Gasteiger partial charge in [-0.05, 0) is 0 Å². The third-order valence-electron chi connectivity index (χ3n) is 3.68. The monoisotopic (exact) mass is 300 g/mol. The number of nitrogens with one attached hydrogen (secondary N) is 1. The largest absolute Gasteiger partial charge is 0.475 e. The van der Waals surface area contributed by atoms with Crippen molar-refractivity contribution in [1.82, 2.24) is 10.2 Å². The molecular formula is C13H11F3N2O3. The normalized spacial score (nSPS) is 16.4. The third kappa shape index (κ3) is 1.85. The fraction of sp³-hybridized carbons (Fsp3) is 0.385. The van der Waals surface area contributed by atoms with Gasteiger partial charge in [-0.2, -0.15) is 18.3 Å². The number of hydrogen-bond acceptors (Lipinski definition) is 3. The molecule has 1 aliphatic rings. The second kappa shape index (κ2) is 3.90. The van der Waals surface area contributed by atoms with Crippen LogP contribution in [0, 0.1) is 0 Å². The van der Waals surface area contributed by atoms with Crippen molar-refractivity contribution in [2.24, 2.45) is 0 Å². The zero-order valence-electron chi connectivity index (χ0n) is 11.1. The van der Waals surface area contributed by atoms with Gasteiger partial charge in [-0.1, -0.05) is 13.8 Å². The number of H-pyrrole nitrogens is 1. The van der Waals surface area contributed by atoms with Crippen molar-refractivity contribution in [3.63, 3.8) is 0 Å². The Bertz CT molecular complexity index is 740. The number of carboxylic acids is 1. The zero-order chi connectivity index (χ0) is 15.6. The van der Waals surface area contributed by atoms with Crippen molar-refractivity contribution in [3.05, 3.63) is 28.8 Å². The number of nitrogens with zero attached hydrogens (tertiary/aromatic N) is 1. The molecule has 0 fully saturated rings. The van der Waals surface area contributed by atoms with Gasteiger partial charge in [0.25, 0.3) is 0 Å². The smallest absolute Gasteiger partial charge is 0.421 e. The van der Waals surface area contributed by atoms with Gasteiger partial charge in [-0.3, -0.25) is 5.10 Å². The first-order valence-electron chi connectivity index (χ1n) is 6.13. The fourth-order valence-corrected chi connectivity index (χ4v) is 2.77. The van der Waals surface area contributed by atoms with Crippen molar-refractivity contribution < 1.29 is 27.5 Å². The van der Waals surface area contributed by atoms with Gasteiger partial charge in [-0.15, -0.1) is 0 Å². The van der Waals surface area contributed by atoms with Crippen LogP contribution >= 0.6 is 0 Å². The highest BCUT2D eigenvalue weighted by atomic mass is 19.4. The van der Waals surface area contributed by atoms with Gasteiger partial charge in [-0.25, -0.2) is 4.79 Å². The average molecular weight is 300 g/mol. The molecule has 2 N–H and O–H groups in total. The minimum atomic E-state index is -4.82. The van der Waals surface area contributed by atoms with E-state index in [0.29, 0.717) is 5.56 Å². The van der Waals surface area contributed by atoms with Crippen molar-refractivity contribution in [1.29, 1.82) is 0 Å². The van der Waals surface area contributed by atoms with Crippen LogP contribution in [0.5, 0.6) is 0 Å². The molecule has 0 saturated carbocycles. The lowest BCUT2D eigenvalue weighted by molar-refractivity contribution is -0.138. The molecule has 2 aromatic rings. The lowest BCUT2D eigenvalue weighted by Gasteiger charge is -2.28. The maximum Gasteiger partial charge on any atom is 0.421 e. The van der Waals surface area contributed by atoms with E-state index in [9.17, 15) is 18.0 Å². The van der Waals surface area contributed by atoms with Crippen molar-refractivity contribution in [2.45, 2.75) is 31.9 Å². The first-order chi connectivity index (χ1) is 9.63. The Morgan fingerprint density at radius 1 is 1.48 bits per heavy atom. The molecule has 8 heteroatoms. The summed E-state index contributed by atoms with van der Waals surface area (Å²) in [6, 6.07) is 0. The molecule has 0 radical (unpaired) electrons. The maximum absolute atomic E-state index is 13.3. The molecule has 0 aliphatic heterocycles. The quantitative estimate of drug-likeness (QED) is 0.847. The lowest BCUT2D eigenvalue weighted by atomic mass is 9.74. The van der Waals surface area contributed by atoms with Gasteiger partial charge >= 0.3 is 12.1 Å². The van der Waals surface area contributed by atoms with E-state index in [1.165, 1.54) is 6.20 Å². The van der Waals surface area contributed by atoms with Gasteiger partial charge in [0.2, 0.25) is 5.76 Å². The Morgan fingerprint density at radius 3 is 2.71 bits per heavy atom. The number of hydrogen-bond donors (Lipinski definition) is 2. The lowest BCUT2D eigenvalue weighted by Crippen LogP contribution is -2.25. The molecule has 0 saturated heterocycles. The highest BCUT2D eigenvalue weighted by Gasteiger charge is 2.47. The number of carbonyl (C=O) groups is 1. The average Bonchev–Trinajstić information content (AvgIpc) is 2.89. The number of halogens is 3. The van der Waals surface area contributed by atoms with E-state index in [0.717, 1.165) is 0 Å². The van der Waals surface area contributed by atoms with E-state index in [4.69, 9.17) is 9.52 Å². The number of furan rings is 1. The number of rotatable bonds is 1. The van der Waals surface area contributed by atoms with Gasteiger partial charge in [0.05, 0.1) is 17.5 Å². The number of fused-ring (bicyclic) bond motifs is 3. The summed E-state index contributed by atoms with van der Waals surface area (Å²) in [6.45, 7) is 3.67. The summed E-state index contributed by atoms with van der Waals surface area (Å²) in [6.07, 6.45) is -3.19. The molecule has 2 heterocycles. The Kier molecular flexibility index (Phi) is 2.55. The van der Waals surface area contributed by atoms with Crippen molar-refractivity contribution >= 4 is 5.97 Å². The van der Waals surface area contributed by atoms with Gasteiger partial charge < -0.3 is 9.52 Å². The number of aromatic nitrogens is 2. The minimum absolute atomic E-state index is 0.0153. The van der Waals surface area contributed by atoms with E-state index in [-0.39, 0.29) is 23.4 Å². The summed E-state index contributed by atoms with van der Waals surface area (Å²) in [5.41, 5.74) is -1.22. The van der Waals surface area contributed by atoms with Crippen LogP contribution in [0.15, 0.2) is 10.6 Å². The molecule has 0 bridgehead atoms. The molecule has 0 atom stereocenters.